The van der Waals surface area contributed by atoms with Crippen molar-refractivity contribution in [1.82, 2.24) is 9.97 Å². The van der Waals surface area contributed by atoms with Crippen molar-refractivity contribution >= 4 is 0 Å². The molecule has 3 nitrogen and oxygen atoms in total. The van der Waals surface area contributed by atoms with Gasteiger partial charge < -0.3 is 4.74 Å². The predicted octanol–water partition coefficient (Wildman–Crippen LogP) is 13.6. The van der Waals surface area contributed by atoms with Gasteiger partial charge in [0.25, 0.3) is 0 Å². The Morgan fingerprint density at radius 3 is 1.51 bits per heavy atom. The normalized spacial score (nSPS) is 13.0. The zero-order valence-electron chi connectivity index (χ0n) is 31.6. The minimum atomic E-state index is -0.568. The van der Waals surface area contributed by atoms with Crippen LogP contribution in [0, 0.1) is 0 Å². The summed E-state index contributed by atoms with van der Waals surface area (Å²) in [5, 5.41) is 0. The lowest BCUT2D eigenvalue weighted by Gasteiger charge is -2.37. The first kappa shape index (κ1) is 34.2. The van der Waals surface area contributed by atoms with Gasteiger partial charge in [-0.15, -0.1) is 0 Å². The fraction of sp³-hybridized carbons (Fsp3) is 0.115. The average Bonchev–Trinajstić information content (AvgIpc) is 3.24. The number of aromatic nitrogens is 2. The van der Waals surface area contributed by atoms with Crippen LogP contribution in [-0.2, 0) is 10.8 Å². The Kier molecular flexibility index (Phi) is 8.51. The number of pyridine rings is 2. The highest BCUT2D eigenvalue weighted by atomic mass is 16.5. The summed E-state index contributed by atoms with van der Waals surface area (Å²) in [5.74, 6) is 1.76. The van der Waals surface area contributed by atoms with E-state index in [9.17, 15) is 0 Å². The van der Waals surface area contributed by atoms with Crippen molar-refractivity contribution in [2.75, 3.05) is 0 Å². The van der Waals surface area contributed by atoms with Gasteiger partial charge in [-0.25, -0.2) is 0 Å². The third kappa shape index (κ3) is 6.12. The van der Waals surface area contributed by atoms with Gasteiger partial charge in [-0.1, -0.05) is 178 Å². The number of hydrogen-bond acceptors (Lipinski definition) is 3. The van der Waals surface area contributed by atoms with Crippen LogP contribution in [0.25, 0.3) is 55.9 Å². The third-order valence-electron chi connectivity index (χ3n) is 11.2. The van der Waals surface area contributed by atoms with Gasteiger partial charge in [0.1, 0.15) is 11.5 Å². The molecule has 0 amide bonds. The minimum absolute atomic E-state index is 0.322. The second-order valence-corrected chi connectivity index (χ2v) is 15.4. The number of nitrogens with zero attached hydrogens (tertiary/aromatic N) is 2. The Balaban J connectivity index is 1.20. The Bertz CT molecular complexity index is 2650. The predicted molar refractivity (Wildman–Crippen MR) is 226 cm³/mol. The molecule has 266 valence electrons. The topological polar surface area (TPSA) is 35.0 Å². The molecule has 0 atom stereocenters. The molecular formula is C52H42N2O. The molecule has 0 saturated heterocycles. The molecule has 8 aromatic rings. The van der Waals surface area contributed by atoms with Crippen molar-refractivity contribution in [2.24, 2.45) is 0 Å². The Labute approximate surface area is 324 Å². The van der Waals surface area contributed by atoms with Crippen molar-refractivity contribution in [3.63, 3.8) is 0 Å². The van der Waals surface area contributed by atoms with Crippen LogP contribution < -0.4 is 4.74 Å². The van der Waals surface area contributed by atoms with Gasteiger partial charge in [-0.3, -0.25) is 9.97 Å². The van der Waals surface area contributed by atoms with Gasteiger partial charge in [0, 0.05) is 49.8 Å². The highest BCUT2D eigenvalue weighted by Crippen LogP contribution is 2.55. The fourth-order valence-corrected chi connectivity index (χ4v) is 8.03. The maximum atomic E-state index is 7.22. The summed E-state index contributed by atoms with van der Waals surface area (Å²) in [6.07, 6.45) is 0. The molecule has 0 unspecified atom stereocenters. The van der Waals surface area contributed by atoms with E-state index in [2.05, 4.69) is 198 Å². The Morgan fingerprint density at radius 1 is 0.400 bits per heavy atom. The number of benzene rings is 6. The molecule has 0 spiro atoms. The number of para-hydroxylation sites is 2. The van der Waals surface area contributed by atoms with E-state index < -0.39 is 5.41 Å². The van der Waals surface area contributed by atoms with Gasteiger partial charge in [-0.2, -0.15) is 0 Å². The molecule has 0 saturated carbocycles. The van der Waals surface area contributed by atoms with E-state index in [1.165, 1.54) is 16.7 Å². The molecule has 0 bridgehead atoms. The van der Waals surface area contributed by atoms with Crippen LogP contribution in [0.5, 0.6) is 11.5 Å². The molecule has 3 heterocycles. The smallest absolute Gasteiger partial charge is 0.139 e. The zero-order chi connectivity index (χ0) is 37.6. The lowest BCUT2D eigenvalue weighted by Crippen LogP contribution is -2.26. The lowest BCUT2D eigenvalue weighted by atomic mass is 9.73. The van der Waals surface area contributed by atoms with E-state index in [1.807, 2.05) is 12.1 Å². The van der Waals surface area contributed by atoms with Crippen molar-refractivity contribution in [3.05, 3.63) is 205 Å². The maximum Gasteiger partial charge on any atom is 0.139 e. The van der Waals surface area contributed by atoms with Crippen LogP contribution >= 0.6 is 0 Å². The molecular weight excluding hydrogens is 669 g/mol. The minimum Gasteiger partial charge on any atom is -0.455 e. The SMILES string of the molecule is CC1(C)c2cccc(-c3ccc(-c4ccccc4)cc3)c2Oc2c(-c3ccc(-c4ccccc4)nc3C(C)(C)c3cccc(-c4ccccc4)n3)cccc21. The van der Waals surface area contributed by atoms with E-state index in [0.29, 0.717) is 0 Å². The third-order valence-corrected chi connectivity index (χ3v) is 11.2. The van der Waals surface area contributed by atoms with E-state index >= 15 is 0 Å². The summed E-state index contributed by atoms with van der Waals surface area (Å²) >= 11 is 0. The average molecular weight is 711 g/mol. The molecule has 1 aliphatic heterocycles. The Hall–Kier alpha value is -6.58. The second kappa shape index (κ2) is 13.7. The van der Waals surface area contributed by atoms with Gasteiger partial charge in [-0.05, 0) is 48.7 Å². The van der Waals surface area contributed by atoms with E-state index in [-0.39, 0.29) is 5.41 Å². The quantitative estimate of drug-likeness (QED) is 0.165. The number of fused-ring (bicyclic) bond motifs is 2. The summed E-state index contributed by atoms with van der Waals surface area (Å²) < 4.78 is 7.22. The molecule has 0 N–H and O–H groups in total. The monoisotopic (exact) mass is 710 g/mol. The first-order valence-electron chi connectivity index (χ1n) is 19.0. The molecule has 0 aliphatic carbocycles. The fourth-order valence-electron chi connectivity index (χ4n) is 8.03. The summed E-state index contributed by atoms with van der Waals surface area (Å²) in [6.45, 7) is 9.08. The molecule has 0 radical (unpaired) electrons. The molecule has 1 aliphatic rings. The number of hydrogen-bond donors (Lipinski definition) is 0. The zero-order valence-corrected chi connectivity index (χ0v) is 31.6. The van der Waals surface area contributed by atoms with Crippen molar-refractivity contribution < 1.29 is 4.74 Å². The van der Waals surface area contributed by atoms with Crippen LogP contribution in [0.1, 0.15) is 50.2 Å². The van der Waals surface area contributed by atoms with Gasteiger partial charge in [0.15, 0.2) is 0 Å². The second-order valence-electron chi connectivity index (χ2n) is 15.4. The molecule has 2 aromatic heterocycles. The molecule has 6 aromatic carbocycles. The highest BCUT2D eigenvalue weighted by molar-refractivity contribution is 5.83. The molecule has 0 fully saturated rings. The Morgan fingerprint density at radius 2 is 0.891 bits per heavy atom. The van der Waals surface area contributed by atoms with Gasteiger partial charge >= 0.3 is 0 Å². The van der Waals surface area contributed by atoms with Crippen LogP contribution in [0.15, 0.2) is 182 Å². The molecule has 55 heavy (non-hydrogen) atoms. The van der Waals surface area contributed by atoms with Crippen molar-refractivity contribution in [3.8, 4) is 67.4 Å². The van der Waals surface area contributed by atoms with Crippen LogP contribution in [-0.4, -0.2) is 9.97 Å². The summed E-state index contributed by atoms with van der Waals surface area (Å²) in [5.41, 5.74) is 14.0. The van der Waals surface area contributed by atoms with Crippen molar-refractivity contribution in [1.29, 1.82) is 0 Å². The standard InChI is InChI=1S/C52H42N2O/c1-51(2)43-25-14-23-40(37-31-29-36(30-32-37)35-17-8-5-9-18-35)48(43)55-49-41(24-15-26-44(49)51)42-33-34-46(39-21-12-7-13-22-39)54-50(42)52(3,4)47-28-16-27-45(53-47)38-19-10-6-11-20-38/h5-34H,1-4H3. The lowest BCUT2D eigenvalue weighted by molar-refractivity contribution is 0.421. The van der Waals surface area contributed by atoms with E-state index in [0.717, 1.165) is 73.2 Å². The molecule has 9 rings (SSSR count). The van der Waals surface area contributed by atoms with E-state index in [4.69, 9.17) is 14.7 Å². The number of ether oxygens (including phenoxy) is 1. The first-order valence-corrected chi connectivity index (χ1v) is 19.0. The van der Waals surface area contributed by atoms with Crippen LogP contribution in [0.2, 0.25) is 0 Å². The van der Waals surface area contributed by atoms with Crippen LogP contribution in [0.4, 0.5) is 0 Å². The summed E-state index contributed by atoms with van der Waals surface area (Å²) in [4.78, 5) is 10.8. The van der Waals surface area contributed by atoms with Crippen LogP contribution in [0.3, 0.4) is 0 Å². The maximum absolute atomic E-state index is 7.22. The van der Waals surface area contributed by atoms with Gasteiger partial charge in [0.05, 0.1) is 22.8 Å². The largest absolute Gasteiger partial charge is 0.455 e. The number of rotatable bonds is 7. The molecule has 3 heteroatoms. The van der Waals surface area contributed by atoms with E-state index in [1.54, 1.807) is 0 Å². The highest BCUT2D eigenvalue weighted by Gasteiger charge is 2.38. The van der Waals surface area contributed by atoms with Gasteiger partial charge in [0.2, 0.25) is 0 Å². The summed E-state index contributed by atoms with van der Waals surface area (Å²) in [7, 11) is 0. The summed E-state index contributed by atoms with van der Waals surface area (Å²) in [6, 6.07) is 63.9. The van der Waals surface area contributed by atoms with Crippen molar-refractivity contribution in [2.45, 2.75) is 38.5 Å². The first-order chi connectivity index (χ1) is 26.8.